The SMILES string of the molecule is O=C(N/N=C/c1ccc([N+](=O)[O-])s1)C1CC12CCC2. The largest absolute Gasteiger partial charge is 0.324 e. The van der Waals surface area contributed by atoms with Gasteiger partial charge in [0, 0.05) is 12.0 Å². The highest BCUT2D eigenvalue weighted by molar-refractivity contribution is 7.16. The minimum absolute atomic E-state index is 0.0259. The highest BCUT2D eigenvalue weighted by atomic mass is 32.1. The molecule has 1 N–H and O–H groups in total. The summed E-state index contributed by atoms with van der Waals surface area (Å²) in [5.74, 6) is 0.0954. The van der Waals surface area contributed by atoms with Crippen molar-refractivity contribution in [1.29, 1.82) is 0 Å². The van der Waals surface area contributed by atoms with Crippen LogP contribution in [0.5, 0.6) is 0 Å². The predicted octanol–water partition coefficient (Wildman–Crippen LogP) is 2.30. The zero-order chi connectivity index (χ0) is 13.5. The maximum atomic E-state index is 11.8. The van der Waals surface area contributed by atoms with Crippen LogP contribution < -0.4 is 5.43 Å². The third kappa shape index (κ3) is 2.25. The van der Waals surface area contributed by atoms with Crippen molar-refractivity contribution in [3.05, 3.63) is 27.1 Å². The van der Waals surface area contributed by atoms with Crippen LogP contribution in [0, 0.1) is 21.4 Å². The molecule has 19 heavy (non-hydrogen) atoms. The molecular formula is C12H13N3O3S. The lowest BCUT2D eigenvalue weighted by atomic mass is 9.80. The molecule has 3 rings (SSSR count). The molecule has 0 radical (unpaired) electrons. The van der Waals surface area contributed by atoms with Gasteiger partial charge in [0.15, 0.2) is 0 Å². The summed E-state index contributed by atoms with van der Waals surface area (Å²) < 4.78 is 0. The maximum absolute atomic E-state index is 11.8. The lowest BCUT2D eigenvalue weighted by Gasteiger charge is -2.25. The third-order valence-corrected chi connectivity index (χ3v) is 4.99. The van der Waals surface area contributed by atoms with Gasteiger partial charge in [-0.25, -0.2) is 5.43 Å². The van der Waals surface area contributed by atoms with Gasteiger partial charge in [0.1, 0.15) is 0 Å². The molecule has 0 bridgehead atoms. The van der Waals surface area contributed by atoms with Gasteiger partial charge < -0.3 is 0 Å². The first kappa shape index (κ1) is 12.3. The fourth-order valence-corrected chi connectivity index (χ4v) is 3.34. The maximum Gasteiger partial charge on any atom is 0.324 e. The van der Waals surface area contributed by atoms with E-state index in [0.29, 0.717) is 10.3 Å². The number of carbonyl (C=O) groups is 1. The van der Waals surface area contributed by atoms with Crippen LogP contribution in [0.4, 0.5) is 5.00 Å². The van der Waals surface area contributed by atoms with Gasteiger partial charge >= 0.3 is 5.00 Å². The summed E-state index contributed by atoms with van der Waals surface area (Å²) in [5, 5.41) is 14.4. The Morgan fingerprint density at radius 2 is 2.37 bits per heavy atom. The summed E-state index contributed by atoms with van der Waals surface area (Å²) in [4.78, 5) is 22.5. The van der Waals surface area contributed by atoms with E-state index in [4.69, 9.17) is 0 Å². The number of amides is 1. The van der Waals surface area contributed by atoms with E-state index in [2.05, 4.69) is 10.5 Å². The molecule has 2 saturated carbocycles. The highest BCUT2D eigenvalue weighted by Crippen LogP contribution is 2.65. The van der Waals surface area contributed by atoms with Crippen molar-refractivity contribution in [2.75, 3.05) is 0 Å². The average molecular weight is 279 g/mol. The molecule has 1 aromatic rings. The van der Waals surface area contributed by atoms with Crippen molar-refractivity contribution in [2.24, 2.45) is 16.4 Å². The zero-order valence-electron chi connectivity index (χ0n) is 10.2. The lowest BCUT2D eigenvalue weighted by Crippen LogP contribution is -2.26. The van der Waals surface area contributed by atoms with Crippen molar-refractivity contribution >= 4 is 28.5 Å². The van der Waals surface area contributed by atoms with Crippen LogP contribution in [0.25, 0.3) is 0 Å². The van der Waals surface area contributed by atoms with Crippen molar-refractivity contribution < 1.29 is 9.72 Å². The van der Waals surface area contributed by atoms with Crippen LogP contribution in [0.1, 0.15) is 30.6 Å². The second kappa shape index (κ2) is 4.41. The number of hydrogen-bond acceptors (Lipinski definition) is 5. The molecule has 2 aliphatic rings. The van der Waals surface area contributed by atoms with Crippen molar-refractivity contribution in [3.63, 3.8) is 0 Å². The van der Waals surface area contributed by atoms with Gasteiger partial charge in [-0.2, -0.15) is 5.10 Å². The number of carbonyl (C=O) groups excluding carboxylic acids is 1. The van der Waals surface area contributed by atoms with Crippen molar-refractivity contribution in [1.82, 2.24) is 5.43 Å². The van der Waals surface area contributed by atoms with E-state index in [9.17, 15) is 14.9 Å². The number of hydrazone groups is 1. The minimum Gasteiger partial charge on any atom is -0.273 e. The fourth-order valence-electron chi connectivity index (χ4n) is 2.65. The molecule has 100 valence electrons. The Morgan fingerprint density at radius 3 is 2.89 bits per heavy atom. The number of hydrogen-bond donors (Lipinski definition) is 1. The zero-order valence-corrected chi connectivity index (χ0v) is 11.0. The highest BCUT2D eigenvalue weighted by Gasteiger charge is 2.60. The van der Waals surface area contributed by atoms with E-state index in [0.717, 1.165) is 30.6 Å². The van der Waals surface area contributed by atoms with E-state index >= 15 is 0 Å². The number of rotatable bonds is 4. The summed E-state index contributed by atoms with van der Waals surface area (Å²) in [6, 6.07) is 3.04. The normalized spacial score (nSPS) is 23.3. The number of thiophene rings is 1. The Labute approximate surface area is 113 Å². The summed E-state index contributed by atoms with van der Waals surface area (Å²) in [5.41, 5.74) is 2.82. The molecule has 1 spiro atoms. The van der Waals surface area contributed by atoms with E-state index in [1.807, 2.05) is 0 Å². The number of nitrogens with zero attached hydrogens (tertiary/aromatic N) is 2. The van der Waals surface area contributed by atoms with Crippen LogP contribution in [0.2, 0.25) is 0 Å². The minimum atomic E-state index is -0.439. The molecule has 6 nitrogen and oxygen atoms in total. The molecule has 1 atom stereocenters. The monoisotopic (exact) mass is 279 g/mol. The second-order valence-corrected chi connectivity index (χ2v) is 6.23. The van der Waals surface area contributed by atoms with Crippen LogP contribution >= 0.6 is 11.3 Å². The Balaban J connectivity index is 1.52. The predicted molar refractivity (Wildman–Crippen MR) is 71.1 cm³/mol. The Hall–Kier alpha value is -1.76. The lowest BCUT2D eigenvalue weighted by molar-refractivity contribution is -0.380. The van der Waals surface area contributed by atoms with Gasteiger partial charge in [-0.05, 0) is 30.7 Å². The first-order valence-electron chi connectivity index (χ1n) is 6.18. The first-order chi connectivity index (χ1) is 9.11. The fraction of sp³-hybridized carbons (Fsp3) is 0.500. The molecule has 0 aromatic carbocycles. The van der Waals surface area contributed by atoms with Gasteiger partial charge in [-0.15, -0.1) is 0 Å². The Bertz CT molecular complexity index is 562. The van der Waals surface area contributed by atoms with Gasteiger partial charge in [0.05, 0.1) is 16.0 Å². The van der Waals surface area contributed by atoms with Crippen molar-refractivity contribution in [3.8, 4) is 0 Å². The van der Waals surface area contributed by atoms with E-state index in [1.54, 1.807) is 6.07 Å². The molecule has 1 heterocycles. The first-order valence-corrected chi connectivity index (χ1v) is 7.00. The van der Waals surface area contributed by atoms with Crippen LogP contribution in [-0.4, -0.2) is 17.0 Å². The molecule has 2 fully saturated rings. The number of nitrogens with one attached hydrogen (secondary N) is 1. The summed E-state index contributed by atoms with van der Waals surface area (Å²) in [7, 11) is 0. The molecular weight excluding hydrogens is 266 g/mol. The molecule has 2 aliphatic carbocycles. The van der Waals surface area contributed by atoms with E-state index in [1.165, 1.54) is 18.7 Å². The second-order valence-electron chi connectivity index (χ2n) is 5.14. The molecule has 7 heteroatoms. The molecule has 1 unspecified atom stereocenters. The molecule has 1 aromatic heterocycles. The topological polar surface area (TPSA) is 84.6 Å². The summed E-state index contributed by atoms with van der Waals surface area (Å²) in [6.45, 7) is 0. The molecule has 1 amide bonds. The standard InChI is InChI=1S/C12H13N3O3S/c16-11(9-6-12(9)4-1-5-12)14-13-7-8-2-3-10(19-8)15(17)18/h2-3,7,9H,1,4-6H2,(H,14,16)/b13-7+. The molecule has 0 aliphatic heterocycles. The van der Waals surface area contributed by atoms with Gasteiger partial charge in [-0.3, -0.25) is 14.9 Å². The van der Waals surface area contributed by atoms with Crippen molar-refractivity contribution in [2.45, 2.75) is 25.7 Å². The number of nitro groups is 1. The van der Waals surface area contributed by atoms with Gasteiger partial charge in [-0.1, -0.05) is 17.8 Å². The quantitative estimate of drug-likeness (QED) is 0.521. The third-order valence-electron chi connectivity index (χ3n) is 4.01. The van der Waals surface area contributed by atoms with Crippen LogP contribution in [0.3, 0.4) is 0 Å². The van der Waals surface area contributed by atoms with Gasteiger partial charge in [0.2, 0.25) is 5.91 Å². The summed E-state index contributed by atoms with van der Waals surface area (Å²) >= 11 is 1.03. The smallest absolute Gasteiger partial charge is 0.273 e. The van der Waals surface area contributed by atoms with E-state index < -0.39 is 4.92 Å². The molecule has 0 saturated heterocycles. The van der Waals surface area contributed by atoms with Gasteiger partial charge in [0.25, 0.3) is 0 Å². The Kier molecular flexibility index (Phi) is 2.85. The van der Waals surface area contributed by atoms with Crippen LogP contribution in [-0.2, 0) is 4.79 Å². The van der Waals surface area contributed by atoms with Crippen LogP contribution in [0.15, 0.2) is 17.2 Å². The Morgan fingerprint density at radius 1 is 1.58 bits per heavy atom. The van der Waals surface area contributed by atoms with E-state index in [-0.39, 0.29) is 16.8 Å². The summed E-state index contributed by atoms with van der Waals surface area (Å²) in [6.07, 6.45) is 5.98. The average Bonchev–Trinajstić information content (AvgIpc) is 2.94.